The van der Waals surface area contributed by atoms with Crippen molar-refractivity contribution in [3.63, 3.8) is 0 Å². The minimum absolute atomic E-state index is 0. The predicted molar refractivity (Wildman–Crippen MR) is 108 cm³/mol. The molecular formula is C19H25Cl2N3O. The van der Waals surface area contributed by atoms with Crippen LogP contribution in [0.25, 0.3) is 0 Å². The highest BCUT2D eigenvalue weighted by molar-refractivity contribution is 5.95. The zero-order valence-electron chi connectivity index (χ0n) is 14.1. The Bertz CT molecular complexity index is 659. The summed E-state index contributed by atoms with van der Waals surface area (Å²) >= 11 is 0. The molecular weight excluding hydrogens is 357 g/mol. The van der Waals surface area contributed by atoms with Crippen LogP contribution in [0.1, 0.15) is 28.8 Å². The monoisotopic (exact) mass is 381 g/mol. The highest BCUT2D eigenvalue weighted by Gasteiger charge is 2.21. The van der Waals surface area contributed by atoms with E-state index in [1.54, 1.807) is 18.2 Å². The molecule has 2 aromatic carbocycles. The molecule has 0 atom stereocenters. The van der Waals surface area contributed by atoms with Crippen molar-refractivity contribution in [2.24, 2.45) is 0 Å². The number of nitrogen functional groups attached to an aromatic ring is 1. The van der Waals surface area contributed by atoms with Crippen LogP contribution in [-0.4, -0.2) is 29.9 Å². The molecule has 1 heterocycles. The Morgan fingerprint density at radius 2 is 1.72 bits per heavy atom. The third-order valence-electron chi connectivity index (χ3n) is 4.32. The third-order valence-corrected chi connectivity index (χ3v) is 4.32. The molecule has 25 heavy (non-hydrogen) atoms. The lowest BCUT2D eigenvalue weighted by molar-refractivity contribution is 0.0909. The Labute approximate surface area is 161 Å². The second-order valence-electron chi connectivity index (χ2n) is 6.13. The van der Waals surface area contributed by atoms with Gasteiger partial charge in [0.25, 0.3) is 5.91 Å². The van der Waals surface area contributed by atoms with Gasteiger partial charge in [0, 0.05) is 36.9 Å². The van der Waals surface area contributed by atoms with Gasteiger partial charge in [0.2, 0.25) is 0 Å². The molecule has 0 bridgehead atoms. The number of hydrogen-bond acceptors (Lipinski definition) is 3. The summed E-state index contributed by atoms with van der Waals surface area (Å²) in [6.07, 6.45) is 1.97. The van der Waals surface area contributed by atoms with Gasteiger partial charge in [-0.15, -0.1) is 24.8 Å². The number of amides is 1. The number of carbonyl (C=O) groups is 1. The first-order valence-electron chi connectivity index (χ1n) is 8.13. The lowest BCUT2D eigenvalue weighted by atomic mass is 10.0. The Kier molecular flexibility index (Phi) is 8.76. The Hall–Kier alpha value is -1.75. The smallest absolute Gasteiger partial charge is 0.251 e. The van der Waals surface area contributed by atoms with E-state index in [4.69, 9.17) is 5.73 Å². The van der Waals surface area contributed by atoms with Crippen LogP contribution < -0.4 is 11.1 Å². The molecule has 0 aromatic heterocycles. The van der Waals surface area contributed by atoms with Crippen molar-refractivity contribution < 1.29 is 4.79 Å². The summed E-state index contributed by atoms with van der Waals surface area (Å²) in [5.74, 6) is -0.0289. The standard InChI is InChI=1S/C19H23N3O.2ClH/c20-17-8-4-7-16(13-17)19(23)21-18-9-11-22(12-10-18)14-15-5-2-1-3-6-15;;/h1-8,13,18H,9-12,14,20H2,(H,21,23);2*1H. The molecule has 1 saturated heterocycles. The zero-order valence-corrected chi connectivity index (χ0v) is 15.7. The number of anilines is 1. The maximum atomic E-state index is 12.3. The van der Waals surface area contributed by atoms with Gasteiger partial charge < -0.3 is 11.1 Å². The number of halogens is 2. The largest absolute Gasteiger partial charge is 0.399 e. The van der Waals surface area contributed by atoms with Gasteiger partial charge in [0.15, 0.2) is 0 Å². The molecule has 0 radical (unpaired) electrons. The Balaban J connectivity index is 0.00000156. The normalized spacial score (nSPS) is 14.9. The van der Waals surface area contributed by atoms with Crippen LogP contribution in [0, 0.1) is 0 Å². The van der Waals surface area contributed by atoms with Crippen LogP contribution in [0.2, 0.25) is 0 Å². The lowest BCUT2D eigenvalue weighted by Crippen LogP contribution is -2.44. The van der Waals surface area contributed by atoms with E-state index in [1.165, 1.54) is 5.56 Å². The van der Waals surface area contributed by atoms with E-state index in [9.17, 15) is 4.79 Å². The molecule has 3 N–H and O–H groups in total. The van der Waals surface area contributed by atoms with Crippen molar-refractivity contribution in [3.8, 4) is 0 Å². The summed E-state index contributed by atoms with van der Waals surface area (Å²) in [4.78, 5) is 14.7. The summed E-state index contributed by atoms with van der Waals surface area (Å²) in [5, 5.41) is 3.13. The van der Waals surface area contributed by atoms with Gasteiger partial charge in [0.05, 0.1) is 0 Å². The van der Waals surface area contributed by atoms with Gasteiger partial charge in [-0.25, -0.2) is 0 Å². The fourth-order valence-corrected chi connectivity index (χ4v) is 3.03. The van der Waals surface area contributed by atoms with Crippen LogP contribution >= 0.6 is 24.8 Å². The molecule has 1 amide bonds. The molecule has 0 spiro atoms. The van der Waals surface area contributed by atoms with Crippen LogP contribution in [-0.2, 0) is 6.54 Å². The van der Waals surface area contributed by atoms with Gasteiger partial charge >= 0.3 is 0 Å². The van der Waals surface area contributed by atoms with Crippen molar-refractivity contribution >= 4 is 36.4 Å². The number of hydrogen-bond donors (Lipinski definition) is 2. The molecule has 6 heteroatoms. The summed E-state index contributed by atoms with van der Waals surface area (Å²) in [6.45, 7) is 3.00. The topological polar surface area (TPSA) is 58.4 Å². The molecule has 2 aromatic rings. The second kappa shape index (κ2) is 10.3. The number of nitrogens with two attached hydrogens (primary N) is 1. The SMILES string of the molecule is Cl.Cl.Nc1cccc(C(=O)NC2CCN(Cc3ccccc3)CC2)c1. The Morgan fingerprint density at radius 1 is 1.04 bits per heavy atom. The minimum atomic E-state index is -0.0289. The predicted octanol–water partition coefficient (Wildman–Crippen LogP) is 3.51. The maximum absolute atomic E-state index is 12.3. The molecule has 0 aliphatic carbocycles. The number of benzene rings is 2. The fourth-order valence-electron chi connectivity index (χ4n) is 3.03. The van der Waals surface area contributed by atoms with Crippen LogP contribution in [0.4, 0.5) is 5.69 Å². The number of nitrogens with one attached hydrogen (secondary N) is 1. The van der Waals surface area contributed by atoms with E-state index >= 15 is 0 Å². The molecule has 0 unspecified atom stereocenters. The molecule has 0 saturated carbocycles. The van der Waals surface area contributed by atoms with E-state index in [2.05, 4.69) is 34.5 Å². The number of piperidine rings is 1. The average Bonchev–Trinajstić information content (AvgIpc) is 2.57. The van der Waals surface area contributed by atoms with Gasteiger partial charge in [-0.05, 0) is 36.6 Å². The summed E-state index contributed by atoms with van der Waals surface area (Å²) in [6, 6.07) is 17.9. The van der Waals surface area contributed by atoms with E-state index in [0.29, 0.717) is 11.3 Å². The molecule has 1 fully saturated rings. The van der Waals surface area contributed by atoms with Crippen LogP contribution in [0.5, 0.6) is 0 Å². The first-order chi connectivity index (χ1) is 11.2. The zero-order chi connectivity index (χ0) is 16.1. The van der Waals surface area contributed by atoms with Crippen molar-refractivity contribution in [1.82, 2.24) is 10.2 Å². The van der Waals surface area contributed by atoms with Gasteiger partial charge in [0.1, 0.15) is 0 Å². The van der Waals surface area contributed by atoms with Crippen molar-refractivity contribution in [3.05, 3.63) is 65.7 Å². The van der Waals surface area contributed by atoms with Gasteiger partial charge in [-0.1, -0.05) is 36.4 Å². The molecule has 1 aliphatic rings. The number of nitrogens with zero attached hydrogens (tertiary/aromatic N) is 1. The van der Waals surface area contributed by atoms with Crippen LogP contribution in [0.3, 0.4) is 0 Å². The summed E-state index contributed by atoms with van der Waals surface area (Å²) in [7, 11) is 0. The van der Waals surface area contributed by atoms with Gasteiger partial charge in [-0.3, -0.25) is 9.69 Å². The molecule has 136 valence electrons. The molecule has 4 nitrogen and oxygen atoms in total. The van der Waals surface area contributed by atoms with E-state index < -0.39 is 0 Å². The summed E-state index contributed by atoms with van der Waals surface area (Å²) in [5.41, 5.74) is 8.33. The fraction of sp³-hybridized carbons (Fsp3) is 0.316. The lowest BCUT2D eigenvalue weighted by Gasteiger charge is -2.32. The van der Waals surface area contributed by atoms with E-state index in [-0.39, 0.29) is 36.8 Å². The first kappa shape index (κ1) is 21.3. The molecule has 3 rings (SSSR count). The number of rotatable bonds is 4. The summed E-state index contributed by atoms with van der Waals surface area (Å²) < 4.78 is 0. The first-order valence-corrected chi connectivity index (χ1v) is 8.13. The highest BCUT2D eigenvalue weighted by Crippen LogP contribution is 2.15. The minimum Gasteiger partial charge on any atom is -0.399 e. The number of carbonyl (C=O) groups excluding carboxylic acids is 1. The van der Waals surface area contributed by atoms with E-state index in [0.717, 1.165) is 32.5 Å². The highest BCUT2D eigenvalue weighted by atomic mass is 35.5. The van der Waals surface area contributed by atoms with E-state index in [1.807, 2.05) is 12.1 Å². The quantitative estimate of drug-likeness (QED) is 0.796. The van der Waals surface area contributed by atoms with Crippen LogP contribution in [0.15, 0.2) is 54.6 Å². The van der Waals surface area contributed by atoms with Gasteiger partial charge in [-0.2, -0.15) is 0 Å². The Morgan fingerprint density at radius 3 is 2.36 bits per heavy atom. The molecule has 1 aliphatic heterocycles. The average molecular weight is 382 g/mol. The number of likely N-dealkylation sites (tertiary alicyclic amines) is 1. The maximum Gasteiger partial charge on any atom is 0.251 e. The van der Waals surface area contributed by atoms with Crippen molar-refractivity contribution in [2.45, 2.75) is 25.4 Å². The van der Waals surface area contributed by atoms with Crippen molar-refractivity contribution in [1.29, 1.82) is 0 Å². The van der Waals surface area contributed by atoms with Crippen molar-refractivity contribution in [2.75, 3.05) is 18.8 Å². The second-order valence-corrected chi connectivity index (χ2v) is 6.13. The third kappa shape index (κ3) is 6.24.